The quantitative estimate of drug-likeness (QED) is 0.856. The molecule has 0 amide bonds. The highest BCUT2D eigenvalue weighted by atomic mass is 32.1. The van der Waals surface area contributed by atoms with Crippen molar-refractivity contribution in [2.75, 3.05) is 44.6 Å². The standard InChI is InChI=1S/C13H23N5S/c1-2-14-13-12(15-16-19-13)10-18-7-5-17(6-8-18)9-11-3-4-11/h11,14H,2-10H2,1H3. The van der Waals surface area contributed by atoms with Gasteiger partial charge in [0, 0.05) is 57.3 Å². The maximum atomic E-state index is 4.26. The molecule has 3 rings (SSSR count). The van der Waals surface area contributed by atoms with Gasteiger partial charge in [-0.25, -0.2) is 0 Å². The van der Waals surface area contributed by atoms with E-state index in [-0.39, 0.29) is 0 Å². The van der Waals surface area contributed by atoms with E-state index in [1.54, 1.807) is 0 Å². The van der Waals surface area contributed by atoms with Crippen LogP contribution in [-0.2, 0) is 6.54 Å². The van der Waals surface area contributed by atoms with Crippen molar-refractivity contribution < 1.29 is 0 Å². The highest BCUT2D eigenvalue weighted by molar-refractivity contribution is 7.10. The van der Waals surface area contributed by atoms with Gasteiger partial charge in [0.25, 0.3) is 0 Å². The Morgan fingerprint density at radius 3 is 2.63 bits per heavy atom. The van der Waals surface area contributed by atoms with Crippen LogP contribution in [0.5, 0.6) is 0 Å². The van der Waals surface area contributed by atoms with Crippen LogP contribution in [0.4, 0.5) is 5.00 Å². The lowest BCUT2D eigenvalue weighted by Gasteiger charge is -2.34. The summed E-state index contributed by atoms with van der Waals surface area (Å²) < 4.78 is 4.06. The Hall–Kier alpha value is -0.720. The molecule has 0 aromatic carbocycles. The third kappa shape index (κ3) is 3.64. The lowest BCUT2D eigenvalue weighted by Crippen LogP contribution is -2.46. The van der Waals surface area contributed by atoms with Crippen LogP contribution in [-0.4, -0.2) is 58.7 Å². The number of nitrogens with one attached hydrogen (secondary N) is 1. The van der Waals surface area contributed by atoms with E-state index < -0.39 is 0 Å². The third-order valence-electron chi connectivity index (χ3n) is 3.94. The van der Waals surface area contributed by atoms with Crippen molar-refractivity contribution in [3.05, 3.63) is 5.69 Å². The Morgan fingerprint density at radius 1 is 1.21 bits per heavy atom. The van der Waals surface area contributed by atoms with Crippen LogP contribution in [0, 0.1) is 5.92 Å². The van der Waals surface area contributed by atoms with Crippen molar-refractivity contribution in [3.63, 3.8) is 0 Å². The summed E-state index contributed by atoms with van der Waals surface area (Å²) in [5.74, 6) is 1.01. The first kappa shape index (κ1) is 13.3. The molecule has 0 radical (unpaired) electrons. The normalized spacial score (nSPS) is 21.7. The Morgan fingerprint density at radius 2 is 1.95 bits per heavy atom. The molecule has 2 heterocycles. The molecule has 0 bridgehead atoms. The van der Waals surface area contributed by atoms with Gasteiger partial charge in [-0.3, -0.25) is 4.90 Å². The zero-order valence-corrected chi connectivity index (χ0v) is 12.5. The molecular formula is C13H23N5S. The van der Waals surface area contributed by atoms with E-state index in [9.17, 15) is 0 Å². The van der Waals surface area contributed by atoms with Crippen LogP contribution in [0.25, 0.3) is 0 Å². The van der Waals surface area contributed by atoms with Gasteiger partial charge in [-0.1, -0.05) is 4.49 Å². The van der Waals surface area contributed by atoms with E-state index in [2.05, 4.69) is 31.6 Å². The molecule has 0 atom stereocenters. The summed E-state index contributed by atoms with van der Waals surface area (Å²) in [6, 6.07) is 0. The van der Waals surface area contributed by atoms with E-state index >= 15 is 0 Å². The Kier molecular flexibility index (Phi) is 4.30. The maximum Gasteiger partial charge on any atom is 0.134 e. The largest absolute Gasteiger partial charge is 0.374 e. The Balaban J connectivity index is 1.46. The zero-order valence-electron chi connectivity index (χ0n) is 11.6. The average Bonchev–Trinajstić information content (AvgIpc) is 3.13. The minimum Gasteiger partial charge on any atom is -0.374 e. The number of hydrogen-bond donors (Lipinski definition) is 1. The topological polar surface area (TPSA) is 44.3 Å². The van der Waals surface area contributed by atoms with Crippen molar-refractivity contribution in [3.8, 4) is 0 Å². The molecule has 1 aliphatic heterocycles. The van der Waals surface area contributed by atoms with Crippen LogP contribution < -0.4 is 5.32 Å². The van der Waals surface area contributed by atoms with Crippen molar-refractivity contribution >= 4 is 16.5 Å². The van der Waals surface area contributed by atoms with Gasteiger partial charge in [0.05, 0.1) is 0 Å². The van der Waals surface area contributed by atoms with Crippen molar-refractivity contribution in [1.29, 1.82) is 0 Å². The fourth-order valence-corrected chi connectivity index (χ4v) is 3.25. The molecule has 2 fully saturated rings. The number of piperazine rings is 1. The highest BCUT2D eigenvalue weighted by Gasteiger charge is 2.26. The van der Waals surface area contributed by atoms with Crippen LogP contribution in [0.3, 0.4) is 0 Å². The first-order valence-electron chi connectivity index (χ1n) is 7.35. The Bertz CT molecular complexity index is 395. The zero-order chi connectivity index (χ0) is 13.1. The minimum absolute atomic E-state index is 0.937. The number of rotatable bonds is 6. The van der Waals surface area contributed by atoms with E-state index in [0.717, 1.165) is 42.8 Å². The summed E-state index contributed by atoms with van der Waals surface area (Å²) >= 11 is 1.47. The van der Waals surface area contributed by atoms with Gasteiger partial charge in [0.1, 0.15) is 10.7 Å². The predicted molar refractivity (Wildman–Crippen MR) is 78.5 cm³/mol. The summed E-state index contributed by atoms with van der Waals surface area (Å²) in [6.07, 6.45) is 2.91. The molecule has 1 aromatic rings. The molecule has 106 valence electrons. The molecule has 1 saturated carbocycles. The van der Waals surface area contributed by atoms with E-state index in [1.165, 1.54) is 44.0 Å². The van der Waals surface area contributed by atoms with Gasteiger partial charge in [-0.2, -0.15) is 0 Å². The molecular weight excluding hydrogens is 258 g/mol. The van der Waals surface area contributed by atoms with Crippen molar-refractivity contribution in [2.24, 2.45) is 5.92 Å². The summed E-state index contributed by atoms with van der Waals surface area (Å²) in [5, 5.41) is 8.74. The molecule has 1 aliphatic carbocycles. The van der Waals surface area contributed by atoms with Gasteiger partial charge >= 0.3 is 0 Å². The van der Waals surface area contributed by atoms with Crippen molar-refractivity contribution in [2.45, 2.75) is 26.3 Å². The summed E-state index contributed by atoms with van der Waals surface area (Å²) in [7, 11) is 0. The van der Waals surface area contributed by atoms with Crippen LogP contribution >= 0.6 is 11.5 Å². The number of anilines is 1. The summed E-state index contributed by atoms with van der Waals surface area (Å²) in [4.78, 5) is 5.12. The molecule has 6 heteroatoms. The Labute approximate surface area is 119 Å². The first-order chi connectivity index (χ1) is 9.35. The number of nitrogens with zero attached hydrogens (tertiary/aromatic N) is 4. The van der Waals surface area contributed by atoms with Crippen LogP contribution in [0.2, 0.25) is 0 Å². The predicted octanol–water partition coefficient (Wildman–Crippen LogP) is 1.50. The van der Waals surface area contributed by atoms with E-state index in [0.29, 0.717) is 0 Å². The van der Waals surface area contributed by atoms with Gasteiger partial charge in [0.2, 0.25) is 0 Å². The van der Waals surface area contributed by atoms with E-state index in [1.807, 2.05) is 0 Å². The summed E-state index contributed by atoms with van der Waals surface area (Å²) in [6.45, 7) is 10.1. The molecule has 0 spiro atoms. The molecule has 1 N–H and O–H groups in total. The van der Waals surface area contributed by atoms with Gasteiger partial charge < -0.3 is 10.2 Å². The number of aromatic nitrogens is 2. The maximum absolute atomic E-state index is 4.26. The fourth-order valence-electron chi connectivity index (χ4n) is 2.61. The van der Waals surface area contributed by atoms with E-state index in [4.69, 9.17) is 0 Å². The first-order valence-corrected chi connectivity index (χ1v) is 8.12. The van der Waals surface area contributed by atoms with Gasteiger partial charge in [-0.15, -0.1) is 5.10 Å². The summed E-state index contributed by atoms with van der Waals surface area (Å²) in [5.41, 5.74) is 1.11. The molecule has 1 aromatic heterocycles. The highest BCUT2D eigenvalue weighted by Crippen LogP contribution is 2.30. The second kappa shape index (κ2) is 6.15. The van der Waals surface area contributed by atoms with Crippen LogP contribution in [0.15, 0.2) is 0 Å². The van der Waals surface area contributed by atoms with Gasteiger partial charge in [0.15, 0.2) is 0 Å². The molecule has 5 nitrogen and oxygen atoms in total. The average molecular weight is 281 g/mol. The second-order valence-electron chi connectivity index (χ2n) is 5.60. The fraction of sp³-hybridized carbons (Fsp3) is 0.846. The van der Waals surface area contributed by atoms with Crippen molar-refractivity contribution in [1.82, 2.24) is 19.4 Å². The molecule has 1 saturated heterocycles. The minimum atomic E-state index is 0.937. The van der Waals surface area contributed by atoms with Gasteiger partial charge in [-0.05, 0) is 25.7 Å². The molecule has 2 aliphatic rings. The third-order valence-corrected chi connectivity index (χ3v) is 4.67. The molecule has 0 unspecified atom stereocenters. The second-order valence-corrected chi connectivity index (χ2v) is 6.35. The smallest absolute Gasteiger partial charge is 0.134 e. The molecule has 19 heavy (non-hydrogen) atoms. The number of hydrogen-bond acceptors (Lipinski definition) is 6. The van der Waals surface area contributed by atoms with Crippen LogP contribution in [0.1, 0.15) is 25.5 Å². The lowest BCUT2D eigenvalue weighted by atomic mass is 10.2. The monoisotopic (exact) mass is 281 g/mol. The lowest BCUT2D eigenvalue weighted by molar-refractivity contribution is 0.122. The SMILES string of the molecule is CCNc1snnc1CN1CCN(CC2CC2)CC1.